The number of thiazole rings is 1. The number of ether oxygens (including phenoxy) is 1. The molecule has 2 aromatic heterocycles. The highest BCUT2D eigenvalue weighted by Gasteiger charge is 2.14. The fourth-order valence-corrected chi connectivity index (χ4v) is 3.76. The number of hydrogen-bond acceptors (Lipinski definition) is 5. The molecule has 1 aliphatic rings. The zero-order chi connectivity index (χ0) is 17.1. The third kappa shape index (κ3) is 3.89. The lowest BCUT2D eigenvalue weighted by Gasteiger charge is -2.25. The Morgan fingerprint density at radius 1 is 1.32 bits per heavy atom. The number of carbonyl (C=O) groups excluding carboxylic acids is 1. The van der Waals surface area contributed by atoms with E-state index in [1.54, 1.807) is 0 Å². The van der Waals surface area contributed by atoms with Gasteiger partial charge in [0.05, 0.1) is 25.3 Å². The van der Waals surface area contributed by atoms with E-state index < -0.39 is 0 Å². The number of para-hydroxylation sites is 1. The molecule has 0 spiro atoms. The molecule has 1 aromatic carbocycles. The van der Waals surface area contributed by atoms with Crippen molar-refractivity contribution in [2.75, 3.05) is 31.6 Å². The number of benzene rings is 1. The minimum atomic E-state index is -0.0444. The second kappa shape index (κ2) is 7.35. The van der Waals surface area contributed by atoms with Crippen LogP contribution >= 0.6 is 11.3 Å². The number of rotatable bonds is 5. The van der Waals surface area contributed by atoms with Gasteiger partial charge in [0.2, 0.25) is 5.91 Å². The molecule has 0 atom stereocenters. The first-order valence-electron chi connectivity index (χ1n) is 8.37. The van der Waals surface area contributed by atoms with Gasteiger partial charge in [-0.1, -0.05) is 18.2 Å². The zero-order valence-electron chi connectivity index (χ0n) is 13.8. The van der Waals surface area contributed by atoms with Crippen molar-refractivity contribution in [1.29, 1.82) is 0 Å². The van der Waals surface area contributed by atoms with Gasteiger partial charge in [-0.25, -0.2) is 4.98 Å². The highest BCUT2D eigenvalue weighted by Crippen LogP contribution is 2.20. The average Bonchev–Trinajstić information content (AvgIpc) is 3.23. The fourth-order valence-electron chi connectivity index (χ4n) is 3.04. The topological polar surface area (TPSA) is 70.2 Å². The lowest BCUT2D eigenvalue weighted by atomic mass is 10.1. The average molecular weight is 356 g/mol. The number of aromatic nitrogens is 2. The number of fused-ring (bicyclic) bond motifs is 1. The Kier molecular flexibility index (Phi) is 4.78. The molecule has 3 heterocycles. The molecular weight excluding hydrogens is 336 g/mol. The van der Waals surface area contributed by atoms with Crippen LogP contribution in [0.1, 0.15) is 11.3 Å². The predicted molar refractivity (Wildman–Crippen MR) is 98.8 cm³/mol. The summed E-state index contributed by atoms with van der Waals surface area (Å²) in [4.78, 5) is 22.4. The molecule has 0 saturated carbocycles. The minimum Gasteiger partial charge on any atom is -0.379 e. The van der Waals surface area contributed by atoms with Crippen LogP contribution in [0.4, 0.5) is 5.13 Å². The summed E-state index contributed by atoms with van der Waals surface area (Å²) in [5.41, 5.74) is 3.04. The van der Waals surface area contributed by atoms with Crippen molar-refractivity contribution in [2.24, 2.45) is 0 Å². The molecule has 0 unspecified atom stereocenters. The van der Waals surface area contributed by atoms with Crippen LogP contribution in [0.2, 0.25) is 0 Å². The summed E-state index contributed by atoms with van der Waals surface area (Å²) in [7, 11) is 0. The lowest BCUT2D eigenvalue weighted by molar-refractivity contribution is -0.115. The van der Waals surface area contributed by atoms with Gasteiger partial charge in [0.1, 0.15) is 0 Å². The summed E-state index contributed by atoms with van der Waals surface area (Å²) in [5, 5.41) is 6.67. The van der Waals surface area contributed by atoms with E-state index in [1.165, 1.54) is 11.3 Å². The first-order chi connectivity index (χ1) is 12.3. The van der Waals surface area contributed by atoms with E-state index in [4.69, 9.17) is 4.74 Å². The summed E-state index contributed by atoms with van der Waals surface area (Å²) in [6, 6.07) is 8.00. The van der Waals surface area contributed by atoms with Gasteiger partial charge >= 0.3 is 0 Å². The first-order valence-corrected chi connectivity index (χ1v) is 9.25. The van der Waals surface area contributed by atoms with E-state index in [2.05, 4.69) is 20.2 Å². The number of morpholine rings is 1. The summed E-state index contributed by atoms with van der Waals surface area (Å²) < 4.78 is 5.36. The van der Waals surface area contributed by atoms with Gasteiger partial charge < -0.3 is 15.0 Å². The first kappa shape index (κ1) is 16.3. The number of H-pyrrole nitrogens is 1. The summed E-state index contributed by atoms with van der Waals surface area (Å²) >= 11 is 1.47. The van der Waals surface area contributed by atoms with E-state index in [-0.39, 0.29) is 5.91 Å². The maximum atomic E-state index is 12.3. The van der Waals surface area contributed by atoms with Crippen LogP contribution in [0, 0.1) is 0 Å². The molecule has 1 aliphatic heterocycles. The Morgan fingerprint density at radius 2 is 2.16 bits per heavy atom. The molecule has 3 aromatic rings. The molecule has 7 heteroatoms. The van der Waals surface area contributed by atoms with E-state index >= 15 is 0 Å². The zero-order valence-corrected chi connectivity index (χ0v) is 14.6. The standard InChI is InChI=1S/C18H20N4O2S/c23-17(9-13-10-19-16-4-2-1-3-15(13)16)21-18-20-14(12-25-18)11-22-5-7-24-8-6-22/h1-4,10,12,19H,5-9,11H2,(H,20,21,23). The predicted octanol–water partition coefficient (Wildman–Crippen LogP) is 2.64. The van der Waals surface area contributed by atoms with Crippen LogP contribution in [-0.4, -0.2) is 47.1 Å². The Hall–Kier alpha value is -2.22. The van der Waals surface area contributed by atoms with Crippen molar-refractivity contribution in [3.8, 4) is 0 Å². The van der Waals surface area contributed by atoms with Crippen LogP contribution in [0.25, 0.3) is 10.9 Å². The van der Waals surface area contributed by atoms with Crippen LogP contribution in [-0.2, 0) is 22.5 Å². The van der Waals surface area contributed by atoms with E-state index in [1.807, 2.05) is 35.8 Å². The molecule has 1 saturated heterocycles. The number of amides is 1. The largest absolute Gasteiger partial charge is 0.379 e. The highest BCUT2D eigenvalue weighted by atomic mass is 32.1. The van der Waals surface area contributed by atoms with Crippen molar-refractivity contribution in [3.05, 3.63) is 47.1 Å². The Bertz CT molecular complexity index is 867. The molecule has 1 fully saturated rings. The number of hydrogen-bond donors (Lipinski definition) is 2. The van der Waals surface area contributed by atoms with Gasteiger partial charge in [0.25, 0.3) is 0 Å². The van der Waals surface area contributed by atoms with Crippen molar-refractivity contribution < 1.29 is 9.53 Å². The SMILES string of the molecule is O=C(Cc1c[nH]c2ccccc12)Nc1nc(CN2CCOCC2)cs1. The van der Waals surface area contributed by atoms with Crippen molar-refractivity contribution in [2.45, 2.75) is 13.0 Å². The molecule has 4 rings (SSSR count). The second-order valence-corrected chi connectivity index (χ2v) is 6.98. The fraction of sp³-hybridized carbons (Fsp3) is 0.333. The third-order valence-corrected chi connectivity index (χ3v) is 5.12. The monoisotopic (exact) mass is 356 g/mol. The molecule has 130 valence electrons. The maximum absolute atomic E-state index is 12.3. The molecule has 2 N–H and O–H groups in total. The van der Waals surface area contributed by atoms with Crippen LogP contribution < -0.4 is 5.32 Å². The van der Waals surface area contributed by atoms with E-state index in [0.717, 1.165) is 55.0 Å². The maximum Gasteiger partial charge on any atom is 0.230 e. The minimum absolute atomic E-state index is 0.0444. The smallest absolute Gasteiger partial charge is 0.230 e. The molecule has 25 heavy (non-hydrogen) atoms. The molecule has 1 amide bonds. The number of nitrogens with zero attached hydrogens (tertiary/aromatic N) is 2. The number of aromatic amines is 1. The molecular formula is C18H20N4O2S. The second-order valence-electron chi connectivity index (χ2n) is 6.12. The van der Waals surface area contributed by atoms with Gasteiger partial charge in [0, 0.05) is 42.1 Å². The highest BCUT2D eigenvalue weighted by molar-refractivity contribution is 7.13. The summed E-state index contributed by atoms with van der Waals surface area (Å²) in [6.45, 7) is 4.22. The number of carbonyl (C=O) groups is 1. The van der Waals surface area contributed by atoms with Gasteiger partial charge in [-0.2, -0.15) is 0 Å². The van der Waals surface area contributed by atoms with Gasteiger partial charge in [-0.3, -0.25) is 9.69 Å². The van der Waals surface area contributed by atoms with Crippen molar-refractivity contribution >= 4 is 33.3 Å². The van der Waals surface area contributed by atoms with Crippen molar-refractivity contribution in [1.82, 2.24) is 14.9 Å². The van der Waals surface area contributed by atoms with E-state index in [0.29, 0.717) is 11.6 Å². The number of nitrogens with one attached hydrogen (secondary N) is 2. The van der Waals surface area contributed by atoms with Crippen LogP contribution in [0.15, 0.2) is 35.8 Å². The van der Waals surface area contributed by atoms with Gasteiger partial charge in [-0.15, -0.1) is 11.3 Å². The van der Waals surface area contributed by atoms with Gasteiger partial charge in [0.15, 0.2) is 5.13 Å². The molecule has 0 bridgehead atoms. The summed E-state index contributed by atoms with van der Waals surface area (Å²) in [6.07, 6.45) is 2.23. The van der Waals surface area contributed by atoms with Gasteiger partial charge in [-0.05, 0) is 11.6 Å². The number of anilines is 1. The Morgan fingerprint density at radius 3 is 3.04 bits per heavy atom. The summed E-state index contributed by atoms with van der Waals surface area (Å²) in [5.74, 6) is -0.0444. The molecule has 0 radical (unpaired) electrons. The Balaban J connectivity index is 1.36. The normalized spacial score (nSPS) is 15.5. The quantitative estimate of drug-likeness (QED) is 0.737. The van der Waals surface area contributed by atoms with Crippen LogP contribution in [0.5, 0.6) is 0 Å². The van der Waals surface area contributed by atoms with E-state index in [9.17, 15) is 4.79 Å². The Labute approximate surface area is 149 Å². The third-order valence-electron chi connectivity index (χ3n) is 4.31. The molecule has 6 nitrogen and oxygen atoms in total. The van der Waals surface area contributed by atoms with Crippen molar-refractivity contribution in [3.63, 3.8) is 0 Å². The molecule has 0 aliphatic carbocycles. The lowest BCUT2D eigenvalue weighted by Crippen LogP contribution is -2.35. The van der Waals surface area contributed by atoms with Crippen LogP contribution in [0.3, 0.4) is 0 Å².